The molecule has 0 spiro atoms. The first-order valence-electron chi connectivity index (χ1n) is 6.88. The smallest absolute Gasteiger partial charge is 0.227 e. The van der Waals surface area contributed by atoms with Crippen LogP contribution in [-0.4, -0.2) is 31.1 Å². The molecule has 1 aliphatic rings. The molecule has 0 atom stereocenters. The van der Waals surface area contributed by atoms with Crippen LogP contribution in [0.4, 0.5) is 5.69 Å². The van der Waals surface area contributed by atoms with Crippen LogP contribution >= 0.6 is 27.5 Å². The maximum atomic E-state index is 12.6. The number of ketones is 1. The van der Waals surface area contributed by atoms with Crippen molar-refractivity contribution < 1.29 is 4.79 Å². The monoisotopic (exact) mass is 389 g/mol. The highest BCUT2D eigenvalue weighted by Crippen LogP contribution is 2.27. The highest BCUT2D eigenvalue weighted by molar-refractivity contribution is 9.10. The molecule has 0 amide bonds. The Morgan fingerprint density at radius 2 is 2.09 bits per heavy atom. The minimum atomic E-state index is -0.197. The quantitative estimate of drug-likeness (QED) is 0.628. The molecule has 23 heavy (non-hydrogen) atoms. The number of rotatable bonds is 2. The third-order valence-electron chi connectivity index (χ3n) is 3.54. The van der Waals surface area contributed by atoms with Crippen LogP contribution in [0, 0.1) is 0 Å². The Morgan fingerprint density at radius 3 is 2.96 bits per heavy atom. The lowest BCUT2D eigenvalue weighted by molar-refractivity contribution is 0.105. The van der Waals surface area contributed by atoms with E-state index in [9.17, 15) is 4.79 Å². The van der Waals surface area contributed by atoms with Crippen molar-refractivity contribution in [2.24, 2.45) is 4.99 Å². The van der Waals surface area contributed by atoms with Crippen molar-refractivity contribution in [3.8, 4) is 0 Å². The number of hydrogen-bond acceptors (Lipinski definition) is 5. The van der Waals surface area contributed by atoms with Crippen molar-refractivity contribution >= 4 is 50.4 Å². The third kappa shape index (κ3) is 2.66. The number of nitrogens with zero attached hydrogens (tertiary/aromatic N) is 5. The molecule has 0 unspecified atom stereocenters. The van der Waals surface area contributed by atoms with Crippen LogP contribution in [-0.2, 0) is 6.42 Å². The molecule has 0 radical (unpaired) electrons. The van der Waals surface area contributed by atoms with Gasteiger partial charge in [-0.05, 0) is 34.8 Å². The van der Waals surface area contributed by atoms with Gasteiger partial charge in [-0.25, -0.2) is 14.5 Å². The fraction of sp³-hybridized carbons (Fsp3) is 0.133. The minimum absolute atomic E-state index is 0.197. The largest absolute Gasteiger partial charge is 0.285 e. The molecule has 0 saturated heterocycles. The topological polar surface area (TPSA) is 72.5 Å². The van der Waals surface area contributed by atoms with Crippen LogP contribution in [0.2, 0.25) is 5.02 Å². The summed E-state index contributed by atoms with van der Waals surface area (Å²) in [6, 6.07) is 3.50. The molecule has 1 aliphatic heterocycles. The maximum Gasteiger partial charge on any atom is 0.227 e. The molecular formula is C15H9BrClN5O. The maximum absolute atomic E-state index is 12.6. The molecule has 4 heterocycles. The van der Waals surface area contributed by atoms with Gasteiger partial charge in [-0.2, -0.15) is 5.10 Å². The van der Waals surface area contributed by atoms with Crippen molar-refractivity contribution in [3.05, 3.63) is 51.6 Å². The molecule has 0 aliphatic carbocycles. The van der Waals surface area contributed by atoms with Crippen molar-refractivity contribution in [3.63, 3.8) is 0 Å². The molecule has 3 aromatic rings. The molecule has 0 fully saturated rings. The van der Waals surface area contributed by atoms with Gasteiger partial charge in [0.25, 0.3) is 0 Å². The average molecular weight is 391 g/mol. The van der Waals surface area contributed by atoms with Gasteiger partial charge in [0, 0.05) is 22.9 Å². The predicted molar refractivity (Wildman–Crippen MR) is 89.7 cm³/mol. The first-order chi connectivity index (χ1) is 11.1. The van der Waals surface area contributed by atoms with E-state index >= 15 is 0 Å². The van der Waals surface area contributed by atoms with Crippen LogP contribution < -0.4 is 0 Å². The van der Waals surface area contributed by atoms with Crippen molar-refractivity contribution in [2.45, 2.75) is 12.8 Å². The van der Waals surface area contributed by atoms with Crippen molar-refractivity contribution in [1.29, 1.82) is 0 Å². The Balaban J connectivity index is 1.73. The fourth-order valence-corrected chi connectivity index (χ4v) is 2.92. The highest BCUT2D eigenvalue weighted by atomic mass is 79.9. The summed E-state index contributed by atoms with van der Waals surface area (Å²) < 4.78 is 2.32. The second kappa shape index (κ2) is 5.50. The van der Waals surface area contributed by atoms with E-state index in [-0.39, 0.29) is 5.78 Å². The lowest BCUT2D eigenvalue weighted by Gasteiger charge is -2.13. The van der Waals surface area contributed by atoms with Crippen LogP contribution in [0.1, 0.15) is 22.6 Å². The zero-order valence-corrected chi connectivity index (χ0v) is 14.0. The second-order valence-electron chi connectivity index (χ2n) is 5.11. The van der Waals surface area contributed by atoms with Crippen LogP contribution in [0.25, 0.3) is 5.65 Å². The zero-order chi connectivity index (χ0) is 16.0. The lowest BCUT2D eigenvalue weighted by atomic mass is 10.0. The van der Waals surface area contributed by atoms with Gasteiger partial charge in [0.15, 0.2) is 5.65 Å². The zero-order valence-electron chi connectivity index (χ0n) is 11.7. The second-order valence-corrected chi connectivity index (χ2v) is 6.46. The van der Waals surface area contributed by atoms with Gasteiger partial charge in [-0.1, -0.05) is 11.6 Å². The predicted octanol–water partition coefficient (Wildman–Crippen LogP) is 3.44. The summed E-state index contributed by atoms with van der Waals surface area (Å²) in [5.74, 6) is -0.197. The number of halogens is 2. The molecule has 0 N–H and O–H groups in total. The Hall–Kier alpha value is -2.12. The van der Waals surface area contributed by atoms with Gasteiger partial charge >= 0.3 is 0 Å². The molecule has 8 heteroatoms. The van der Waals surface area contributed by atoms with E-state index in [2.05, 4.69) is 36.0 Å². The van der Waals surface area contributed by atoms with Gasteiger partial charge in [-0.15, -0.1) is 0 Å². The van der Waals surface area contributed by atoms with Gasteiger partial charge in [0.2, 0.25) is 5.78 Å². The molecule has 6 nitrogen and oxygen atoms in total. The number of carbonyl (C=O) groups is 1. The van der Waals surface area contributed by atoms with Crippen LogP contribution in [0.5, 0.6) is 0 Å². The molecule has 0 saturated carbocycles. The van der Waals surface area contributed by atoms with Gasteiger partial charge < -0.3 is 0 Å². The Morgan fingerprint density at radius 1 is 1.22 bits per heavy atom. The van der Waals surface area contributed by atoms with E-state index in [0.29, 0.717) is 34.9 Å². The third-order valence-corrected chi connectivity index (χ3v) is 4.17. The summed E-state index contributed by atoms with van der Waals surface area (Å²) in [4.78, 5) is 25.6. The number of aryl methyl sites for hydroxylation is 1. The number of carbonyl (C=O) groups excluding carboxylic acids is 1. The summed E-state index contributed by atoms with van der Waals surface area (Å²) >= 11 is 9.25. The summed E-state index contributed by atoms with van der Waals surface area (Å²) in [5.41, 5.74) is 2.97. The molecule has 0 aromatic carbocycles. The molecular weight excluding hydrogens is 382 g/mol. The van der Waals surface area contributed by atoms with E-state index in [1.165, 1.54) is 10.7 Å². The fourth-order valence-electron chi connectivity index (χ4n) is 2.46. The summed E-state index contributed by atoms with van der Waals surface area (Å²) in [6.07, 6.45) is 6.09. The summed E-state index contributed by atoms with van der Waals surface area (Å²) in [7, 11) is 0. The number of fused-ring (bicyclic) bond motifs is 2. The molecule has 3 aromatic heterocycles. The molecule has 114 valence electrons. The average Bonchev–Trinajstić information content (AvgIpc) is 2.96. The van der Waals surface area contributed by atoms with Crippen LogP contribution in [0.3, 0.4) is 0 Å². The standard InChI is InChI=1S/C15H9BrClN5O/c16-8-3-12-10(18-5-8)1-2-11(20-12)15(23)13-4-14-19-6-9(17)7-22(14)21-13/h3-7H,1-2H2. The first kappa shape index (κ1) is 14.5. The van der Waals surface area contributed by atoms with Gasteiger partial charge in [0.1, 0.15) is 5.69 Å². The number of pyridine rings is 1. The number of aromatic nitrogens is 4. The Bertz CT molecular complexity index is 981. The van der Waals surface area contributed by atoms with Gasteiger partial charge in [0.05, 0.1) is 28.3 Å². The van der Waals surface area contributed by atoms with Gasteiger partial charge in [-0.3, -0.25) is 9.78 Å². The van der Waals surface area contributed by atoms with Crippen molar-refractivity contribution in [2.75, 3.05) is 0 Å². The van der Waals surface area contributed by atoms with E-state index in [1.807, 2.05) is 6.07 Å². The minimum Gasteiger partial charge on any atom is -0.285 e. The summed E-state index contributed by atoms with van der Waals surface area (Å²) in [6.45, 7) is 0. The number of Topliss-reactive ketones (excluding diaryl/α,β-unsaturated/α-hetero) is 1. The van der Waals surface area contributed by atoms with E-state index in [1.54, 1.807) is 18.5 Å². The normalized spacial score (nSPS) is 13.7. The van der Waals surface area contributed by atoms with E-state index in [4.69, 9.17) is 11.6 Å². The first-order valence-corrected chi connectivity index (χ1v) is 8.05. The van der Waals surface area contributed by atoms with Crippen LogP contribution in [0.15, 0.2) is 40.2 Å². The van der Waals surface area contributed by atoms with E-state index in [0.717, 1.165) is 15.9 Å². The van der Waals surface area contributed by atoms with E-state index < -0.39 is 0 Å². The molecule has 0 bridgehead atoms. The highest BCUT2D eigenvalue weighted by Gasteiger charge is 2.22. The van der Waals surface area contributed by atoms with Crippen molar-refractivity contribution in [1.82, 2.24) is 19.6 Å². The SMILES string of the molecule is O=C(C1=Nc2cc(Br)cnc2CC1)c1cc2ncc(Cl)cn2n1. The number of aliphatic imine (C=N–C) groups is 1. The Kier molecular flexibility index (Phi) is 3.46. The molecule has 4 rings (SSSR count). The Labute approximate surface area is 144 Å². The lowest BCUT2D eigenvalue weighted by Crippen LogP contribution is -2.18. The summed E-state index contributed by atoms with van der Waals surface area (Å²) in [5, 5.41) is 4.69. The number of hydrogen-bond donors (Lipinski definition) is 0.